The first-order valence-electron chi connectivity index (χ1n) is 2.95. The Hall–Kier alpha value is -0.870. The molecular weight excluding hydrogens is 164 g/mol. The van der Waals surface area contributed by atoms with Gasteiger partial charge in [0.15, 0.2) is 0 Å². The van der Waals surface area contributed by atoms with E-state index in [0.29, 0.717) is 0 Å². The largest absolute Gasteiger partial charge is 0.285 e. The van der Waals surface area contributed by atoms with Crippen LogP contribution in [-0.2, 0) is 10.1 Å². The molecule has 11 heavy (non-hydrogen) atoms. The van der Waals surface area contributed by atoms with Crippen molar-refractivity contribution >= 4 is 10.1 Å². The summed E-state index contributed by atoms with van der Waals surface area (Å²) in [6.45, 7) is 3.42. The molecule has 0 saturated heterocycles. The lowest BCUT2D eigenvalue weighted by Gasteiger charge is -1.84. The molecule has 3 nitrogen and oxygen atoms in total. The highest BCUT2D eigenvalue weighted by molar-refractivity contribution is 7.85. The number of hydrogen-bond acceptors (Lipinski definition) is 2. The van der Waals surface area contributed by atoms with Crippen LogP contribution < -0.4 is 0 Å². The topological polar surface area (TPSA) is 54.4 Å². The van der Waals surface area contributed by atoms with Gasteiger partial charge < -0.3 is 0 Å². The first-order chi connectivity index (χ1) is 5.06. The first-order valence-corrected chi connectivity index (χ1v) is 4.56. The fourth-order valence-corrected chi connectivity index (χ4v) is 0.753. The lowest BCUT2D eigenvalue weighted by atomic mass is 10.4. The van der Waals surface area contributed by atoms with Crippen LogP contribution in [0.4, 0.5) is 0 Å². The summed E-state index contributed by atoms with van der Waals surface area (Å²) in [7, 11) is -3.86. The van der Waals surface area contributed by atoms with Gasteiger partial charge in [0.1, 0.15) is 0 Å². The fourth-order valence-electron chi connectivity index (χ4n) is 0.398. The Labute approximate surface area is 66.5 Å². The monoisotopic (exact) mass is 174 g/mol. The molecule has 0 aliphatic carbocycles. The predicted molar refractivity (Wildman–Crippen MR) is 44.9 cm³/mol. The zero-order valence-corrected chi connectivity index (χ0v) is 6.79. The Balaban J connectivity index is 3.80. The summed E-state index contributed by atoms with van der Waals surface area (Å²) < 4.78 is 28.5. The van der Waals surface area contributed by atoms with Crippen molar-refractivity contribution in [2.24, 2.45) is 0 Å². The molecule has 0 aromatic heterocycles. The van der Waals surface area contributed by atoms with Gasteiger partial charge in [-0.1, -0.05) is 37.0 Å². The standard InChI is InChI=1S/C7H10O3S/c1-2-3-4-5-6-7-11(8,9)10/h2-6H,1,7H2,(H,8,9,10)/b4-3-,6-5-. The second kappa shape index (κ2) is 4.87. The maximum absolute atomic E-state index is 10.1. The SMILES string of the molecule is C=C/C=C\C=C/CS(=O)(=O)O. The van der Waals surface area contributed by atoms with Gasteiger partial charge in [-0.15, -0.1) is 0 Å². The van der Waals surface area contributed by atoms with E-state index >= 15 is 0 Å². The highest BCUT2D eigenvalue weighted by Gasteiger charge is 1.96. The van der Waals surface area contributed by atoms with Crippen molar-refractivity contribution in [3.63, 3.8) is 0 Å². The average Bonchev–Trinajstić information content (AvgIpc) is 1.85. The van der Waals surface area contributed by atoms with Crippen LogP contribution in [0, 0.1) is 0 Å². The number of hydrogen-bond donors (Lipinski definition) is 1. The van der Waals surface area contributed by atoms with Crippen molar-refractivity contribution in [1.29, 1.82) is 0 Å². The summed E-state index contributed by atoms with van der Waals surface area (Å²) in [4.78, 5) is 0. The summed E-state index contributed by atoms with van der Waals surface area (Å²) >= 11 is 0. The normalized spacial score (nSPS) is 12.8. The van der Waals surface area contributed by atoms with Gasteiger partial charge in [0.25, 0.3) is 10.1 Å². The van der Waals surface area contributed by atoms with E-state index in [4.69, 9.17) is 4.55 Å². The fraction of sp³-hybridized carbons (Fsp3) is 0.143. The van der Waals surface area contributed by atoms with E-state index in [1.54, 1.807) is 18.2 Å². The van der Waals surface area contributed by atoms with Crippen LogP contribution in [0.3, 0.4) is 0 Å². The van der Waals surface area contributed by atoms with Crippen LogP contribution >= 0.6 is 0 Å². The second-order valence-electron chi connectivity index (χ2n) is 1.80. The van der Waals surface area contributed by atoms with Crippen molar-refractivity contribution in [2.75, 3.05) is 5.75 Å². The lowest BCUT2D eigenvalue weighted by Crippen LogP contribution is -1.99. The summed E-state index contributed by atoms with van der Waals surface area (Å²) in [6, 6.07) is 0. The van der Waals surface area contributed by atoms with Crippen LogP contribution in [0.25, 0.3) is 0 Å². The van der Waals surface area contributed by atoms with Crippen LogP contribution in [-0.4, -0.2) is 18.7 Å². The molecule has 0 heterocycles. The summed E-state index contributed by atoms with van der Waals surface area (Å²) in [5, 5.41) is 0. The van der Waals surface area contributed by atoms with E-state index < -0.39 is 10.1 Å². The zero-order chi connectivity index (χ0) is 8.74. The van der Waals surface area contributed by atoms with Gasteiger partial charge in [-0.3, -0.25) is 4.55 Å². The lowest BCUT2D eigenvalue weighted by molar-refractivity contribution is 0.487. The van der Waals surface area contributed by atoms with Crippen molar-refractivity contribution in [1.82, 2.24) is 0 Å². The molecule has 0 atom stereocenters. The van der Waals surface area contributed by atoms with Crippen molar-refractivity contribution in [3.05, 3.63) is 37.0 Å². The third-order valence-electron chi connectivity index (χ3n) is 0.801. The van der Waals surface area contributed by atoms with Gasteiger partial charge in [0.2, 0.25) is 0 Å². The summed E-state index contributed by atoms with van der Waals surface area (Å²) in [6.07, 6.45) is 7.71. The third kappa shape index (κ3) is 9.13. The van der Waals surface area contributed by atoms with Gasteiger partial charge in [0, 0.05) is 0 Å². The van der Waals surface area contributed by atoms with E-state index in [2.05, 4.69) is 6.58 Å². The highest BCUT2D eigenvalue weighted by Crippen LogP contribution is 1.84. The molecule has 0 rings (SSSR count). The van der Waals surface area contributed by atoms with Gasteiger partial charge in [-0.25, -0.2) is 0 Å². The molecule has 4 heteroatoms. The molecule has 0 radical (unpaired) electrons. The van der Waals surface area contributed by atoms with Crippen molar-refractivity contribution in [2.45, 2.75) is 0 Å². The van der Waals surface area contributed by atoms with Crippen LogP contribution in [0.1, 0.15) is 0 Å². The molecule has 0 spiro atoms. The second-order valence-corrected chi connectivity index (χ2v) is 3.29. The van der Waals surface area contributed by atoms with Crippen molar-refractivity contribution in [3.8, 4) is 0 Å². The molecule has 0 fully saturated rings. The molecule has 0 aromatic carbocycles. The maximum Gasteiger partial charge on any atom is 0.268 e. The molecule has 0 saturated carbocycles. The average molecular weight is 174 g/mol. The molecule has 0 unspecified atom stereocenters. The van der Waals surface area contributed by atoms with Crippen LogP contribution in [0.5, 0.6) is 0 Å². The van der Waals surface area contributed by atoms with Gasteiger partial charge in [-0.2, -0.15) is 8.42 Å². The Morgan fingerprint density at radius 2 is 1.91 bits per heavy atom. The van der Waals surface area contributed by atoms with E-state index in [-0.39, 0.29) is 5.75 Å². The van der Waals surface area contributed by atoms with E-state index in [0.717, 1.165) is 0 Å². The molecule has 0 aromatic rings. The minimum atomic E-state index is -3.86. The third-order valence-corrected chi connectivity index (χ3v) is 1.41. The van der Waals surface area contributed by atoms with E-state index in [1.807, 2.05) is 0 Å². The van der Waals surface area contributed by atoms with Gasteiger partial charge in [-0.05, 0) is 0 Å². The molecule has 62 valence electrons. The maximum atomic E-state index is 10.1. The Morgan fingerprint density at radius 3 is 2.36 bits per heavy atom. The van der Waals surface area contributed by atoms with Gasteiger partial charge in [0.05, 0.1) is 5.75 Å². The Kier molecular flexibility index (Phi) is 4.49. The minimum Gasteiger partial charge on any atom is -0.285 e. The Bertz CT molecular complexity index is 259. The minimum absolute atomic E-state index is 0.353. The molecule has 1 N–H and O–H groups in total. The summed E-state index contributed by atoms with van der Waals surface area (Å²) in [5.41, 5.74) is 0. The summed E-state index contributed by atoms with van der Waals surface area (Å²) in [5.74, 6) is -0.353. The molecule has 0 aliphatic rings. The predicted octanol–water partition coefficient (Wildman–Crippen LogP) is 1.17. The number of rotatable bonds is 4. The highest BCUT2D eigenvalue weighted by atomic mass is 32.2. The molecular formula is C7H10O3S. The Morgan fingerprint density at radius 1 is 1.27 bits per heavy atom. The number of allylic oxidation sites excluding steroid dienone is 4. The quantitative estimate of drug-likeness (QED) is 0.514. The van der Waals surface area contributed by atoms with Crippen LogP contribution in [0.2, 0.25) is 0 Å². The zero-order valence-electron chi connectivity index (χ0n) is 5.97. The molecule has 0 aliphatic heterocycles. The van der Waals surface area contributed by atoms with Crippen LogP contribution in [0.15, 0.2) is 37.0 Å². The smallest absolute Gasteiger partial charge is 0.268 e. The van der Waals surface area contributed by atoms with E-state index in [9.17, 15) is 8.42 Å². The van der Waals surface area contributed by atoms with E-state index in [1.165, 1.54) is 12.2 Å². The molecule has 0 bridgehead atoms. The first kappa shape index (κ1) is 10.1. The molecule has 0 amide bonds. The van der Waals surface area contributed by atoms with Gasteiger partial charge >= 0.3 is 0 Å². The van der Waals surface area contributed by atoms with Crippen molar-refractivity contribution < 1.29 is 13.0 Å².